The summed E-state index contributed by atoms with van der Waals surface area (Å²) in [6, 6.07) is 9.77. The second kappa shape index (κ2) is 6.01. The average Bonchev–Trinajstić information content (AvgIpc) is 2.44. The Morgan fingerprint density at radius 1 is 1.25 bits per heavy atom. The van der Waals surface area contributed by atoms with Crippen molar-refractivity contribution in [2.24, 2.45) is 0 Å². The molecule has 0 bridgehead atoms. The molecule has 1 unspecified atom stereocenters. The van der Waals surface area contributed by atoms with Crippen LogP contribution in [0.3, 0.4) is 0 Å². The van der Waals surface area contributed by atoms with E-state index in [2.05, 4.69) is 0 Å². The molecular weight excluding hydrogens is 257 g/mol. The van der Waals surface area contributed by atoms with Gasteiger partial charge in [-0.3, -0.25) is 4.79 Å². The molecule has 0 spiro atoms. The van der Waals surface area contributed by atoms with E-state index in [9.17, 15) is 14.3 Å². The largest absolute Gasteiger partial charge is 0.393 e. The summed E-state index contributed by atoms with van der Waals surface area (Å²) in [4.78, 5) is 14.0. The van der Waals surface area contributed by atoms with Crippen LogP contribution in [-0.2, 0) is 0 Å². The maximum Gasteiger partial charge on any atom is 0.254 e. The van der Waals surface area contributed by atoms with E-state index >= 15 is 0 Å². The van der Waals surface area contributed by atoms with Crippen LogP contribution in [0.2, 0.25) is 0 Å². The molecule has 2 aromatic carbocycles. The van der Waals surface area contributed by atoms with Crippen molar-refractivity contribution in [2.75, 3.05) is 13.6 Å². The highest BCUT2D eigenvalue weighted by Gasteiger charge is 2.16. The molecule has 0 aliphatic carbocycles. The van der Waals surface area contributed by atoms with Crippen LogP contribution in [0.25, 0.3) is 10.8 Å². The van der Waals surface area contributed by atoms with E-state index in [1.807, 2.05) is 0 Å². The number of hydrogen-bond acceptors (Lipinski definition) is 2. The molecule has 106 valence electrons. The van der Waals surface area contributed by atoms with Crippen LogP contribution in [0.4, 0.5) is 4.39 Å². The Labute approximate surface area is 117 Å². The molecule has 2 aromatic rings. The highest BCUT2D eigenvalue weighted by Crippen LogP contribution is 2.22. The van der Waals surface area contributed by atoms with E-state index in [4.69, 9.17) is 0 Å². The molecule has 1 atom stereocenters. The van der Waals surface area contributed by atoms with Crippen molar-refractivity contribution in [3.63, 3.8) is 0 Å². The minimum absolute atomic E-state index is 0.165. The lowest BCUT2D eigenvalue weighted by Crippen LogP contribution is -2.29. The fourth-order valence-corrected chi connectivity index (χ4v) is 2.14. The van der Waals surface area contributed by atoms with Crippen LogP contribution in [0.15, 0.2) is 36.4 Å². The second-order valence-electron chi connectivity index (χ2n) is 5.00. The normalized spacial score (nSPS) is 12.4. The number of fused-ring (bicyclic) bond motifs is 1. The molecule has 0 radical (unpaired) electrons. The minimum atomic E-state index is -0.449. The SMILES string of the molecule is CC(O)CCN(C)C(=O)c1ccc(F)c2ccccc12. The van der Waals surface area contributed by atoms with Gasteiger partial charge in [-0.2, -0.15) is 0 Å². The van der Waals surface area contributed by atoms with Crippen LogP contribution in [0.5, 0.6) is 0 Å². The Morgan fingerprint density at radius 3 is 2.55 bits per heavy atom. The molecule has 0 saturated heterocycles. The van der Waals surface area contributed by atoms with Crippen LogP contribution in [0, 0.1) is 5.82 Å². The standard InChI is InChI=1S/C16H18FNO2/c1-11(19)9-10-18(2)16(20)14-7-8-15(17)13-6-4-3-5-12(13)14/h3-8,11,19H,9-10H2,1-2H3. The summed E-state index contributed by atoms with van der Waals surface area (Å²) in [5.41, 5.74) is 0.482. The highest BCUT2D eigenvalue weighted by atomic mass is 19.1. The van der Waals surface area contributed by atoms with Crippen molar-refractivity contribution in [1.29, 1.82) is 0 Å². The summed E-state index contributed by atoms with van der Waals surface area (Å²) < 4.78 is 13.7. The summed E-state index contributed by atoms with van der Waals surface area (Å²) in [7, 11) is 1.68. The number of hydrogen-bond donors (Lipinski definition) is 1. The summed E-state index contributed by atoms with van der Waals surface area (Å²) >= 11 is 0. The zero-order valence-electron chi connectivity index (χ0n) is 11.6. The number of carbonyl (C=O) groups excluding carboxylic acids is 1. The lowest BCUT2D eigenvalue weighted by Gasteiger charge is -2.19. The number of benzene rings is 2. The van der Waals surface area contributed by atoms with E-state index in [1.54, 1.807) is 43.1 Å². The second-order valence-corrected chi connectivity index (χ2v) is 5.00. The lowest BCUT2D eigenvalue weighted by atomic mass is 10.0. The molecule has 1 amide bonds. The van der Waals surface area contributed by atoms with Gasteiger partial charge in [-0.15, -0.1) is 0 Å². The zero-order chi connectivity index (χ0) is 14.7. The van der Waals surface area contributed by atoms with Gasteiger partial charge in [0.1, 0.15) is 5.82 Å². The first-order valence-electron chi connectivity index (χ1n) is 6.61. The van der Waals surface area contributed by atoms with Crippen molar-refractivity contribution < 1.29 is 14.3 Å². The van der Waals surface area contributed by atoms with Gasteiger partial charge in [-0.25, -0.2) is 4.39 Å². The van der Waals surface area contributed by atoms with Crippen LogP contribution >= 0.6 is 0 Å². The third kappa shape index (κ3) is 2.96. The smallest absolute Gasteiger partial charge is 0.254 e. The van der Waals surface area contributed by atoms with Gasteiger partial charge < -0.3 is 10.0 Å². The Bertz CT molecular complexity index is 625. The van der Waals surface area contributed by atoms with Gasteiger partial charge in [-0.05, 0) is 30.9 Å². The molecule has 1 N–H and O–H groups in total. The van der Waals surface area contributed by atoms with Crippen LogP contribution < -0.4 is 0 Å². The number of aliphatic hydroxyl groups is 1. The summed E-state index contributed by atoms with van der Waals surface area (Å²) in [6.07, 6.45) is 0.0664. The lowest BCUT2D eigenvalue weighted by molar-refractivity contribution is 0.0771. The summed E-state index contributed by atoms with van der Waals surface area (Å²) in [6.45, 7) is 2.15. The Hall–Kier alpha value is -1.94. The maximum absolute atomic E-state index is 13.7. The minimum Gasteiger partial charge on any atom is -0.393 e. The Morgan fingerprint density at radius 2 is 1.90 bits per heavy atom. The van der Waals surface area contributed by atoms with Crippen molar-refractivity contribution >= 4 is 16.7 Å². The van der Waals surface area contributed by atoms with Crippen molar-refractivity contribution in [2.45, 2.75) is 19.4 Å². The van der Waals surface area contributed by atoms with Gasteiger partial charge >= 0.3 is 0 Å². The van der Waals surface area contributed by atoms with E-state index in [1.165, 1.54) is 12.1 Å². The molecule has 20 heavy (non-hydrogen) atoms. The van der Waals surface area contributed by atoms with Gasteiger partial charge in [0, 0.05) is 24.5 Å². The predicted molar refractivity (Wildman–Crippen MR) is 77.2 cm³/mol. The average molecular weight is 275 g/mol. The van der Waals surface area contributed by atoms with E-state index < -0.39 is 6.10 Å². The molecule has 0 aliphatic heterocycles. The predicted octanol–water partition coefficient (Wildman–Crippen LogP) is 2.82. The topological polar surface area (TPSA) is 40.5 Å². The number of halogens is 1. The fraction of sp³-hybridized carbons (Fsp3) is 0.312. The van der Waals surface area contributed by atoms with Crippen molar-refractivity contribution in [3.8, 4) is 0 Å². The molecular formula is C16H18FNO2. The molecule has 0 fully saturated rings. The Balaban J connectivity index is 2.33. The first-order valence-corrected chi connectivity index (χ1v) is 6.61. The van der Waals surface area contributed by atoms with Crippen molar-refractivity contribution in [1.82, 2.24) is 4.90 Å². The zero-order valence-corrected chi connectivity index (χ0v) is 11.6. The number of rotatable bonds is 4. The van der Waals surface area contributed by atoms with Gasteiger partial charge in [0.25, 0.3) is 5.91 Å². The summed E-state index contributed by atoms with van der Waals surface area (Å²) in [5, 5.41) is 10.3. The molecule has 2 rings (SSSR count). The highest BCUT2D eigenvalue weighted by molar-refractivity contribution is 6.07. The summed E-state index contributed by atoms with van der Waals surface area (Å²) in [5.74, 6) is -0.495. The monoisotopic (exact) mass is 275 g/mol. The number of amides is 1. The first kappa shape index (κ1) is 14.5. The molecule has 0 aromatic heterocycles. The number of aliphatic hydroxyl groups excluding tert-OH is 1. The van der Waals surface area contributed by atoms with E-state index in [0.717, 1.165) is 0 Å². The molecule has 0 aliphatic rings. The quantitative estimate of drug-likeness (QED) is 0.932. The third-order valence-corrected chi connectivity index (χ3v) is 3.33. The van der Waals surface area contributed by atoms with Gasteiger partial charge in [0.2, 0.25) is 0 Å². The van der Waals surface area contributed by atoms with E-state index in [-0.39, 0.29) is 11.7 Å². The molecule has 0 saturated carbocycles. The van der Waals surface area contributed by atoms with Gasteiger partial charge in [0.05, 0.1) is 6.10 Å². The molecule has 4 heteroatoms. The van der Waals surface area contributed by atoms with Gasteiger partial charge in [-0.1, -0.05) is 24.3 Å². The molecule has 0 heterocycles. The van der Waals surface area contributed by atoms with Crippen LogP contribution in [0.1, 0.15) is 23.7 Å². The number of nitrogens with zero attached hydrogens (tertiary/aromatic N) is 1. The first-order chi connectivity index (χ1) is 9.50. The maximum atomic E-state index is 13.7. The fourth-order valence-electron chi connectivity index (χ4n) is 2.14. The van der Waals surface area contributed by atoms with Crippen LogP contribution in [-0.4, -0.2) is 35.6 Å². The Kier molecular flexibility index (Phi) is 4.35. The molecule has 3 nitrogen and oxygen atoms in total. The van der Waals surface area contributed by atoms with Gasteiger partial charge in [0.15, 0.2) is 0 Å². The van der Waals surface area contributed by atoms with Crippen molar-refractivity contribution in [3.05, 3.63) is 47.8 Å². The van der Waals surface area contributed by atoms with E-state index in [0.29, 0.717) is 29.3 Å². The number of carbonyl (C=O) groups is 1. The third-order valence-electron chi connectivity index (χ3n) is 3.33.